The van der Waals surface area contributed by atoms with Gasteiger partial charge < -0.3 is 10.1 Å². The molecule has 0 radical (unpaired) electrons. The highest BCUT2D eigenvalue weighted by Gasteiger charge is 2.38. The Morgan fingerprint density at radius 2 is 1.90 bits per heavy atom. The maximum Gasteiger partial charge on any atom is 0.127 e. The molecule has 1 unspecified atom stereocenters. The molecule has 1 aromatic carbocycles. The molecule has 0 spiro atoms. The van der Waals surface area contributed by atoms with Crippen LogP contribution in [0.3, 0.4) is 0 Å². The van der Waals surface area contributed by atoms with Crippen LogP contribution in [0.1, 0.15) is 56.2 Å². The number of hydrogen-bond donors (Lipinski definition) is 1. The summed E-state index contributed by atoms with van der Waals surface area (Å²) in [5.74, 6) is 1.63. The van der Waals surface area contributed by atoms with Crippen molar-refractivity contribution in [3.05, 3.63) is 28.8 Å². The standard InChI is InChI=1S/C18H29NO/c1-13(2)18(11-7-6-8-12-19-18)16-10-9-14(3)15(4)17(16)20-5/h9-10,13,19H,6-8,11-12H2,1-5H3. The largest absolute Gasteiger partial charge is 0.496 e. The smallest absolute Gasteiger partial charge is 0.127 e. The van der Waals surface area contributed by atoms with E-state index < -0.39 is 0 Å². The van der Waals surface area contributed by atoms with Gasteiger partial charge in [0.2, 0.25) is 0 Å². The number of benzene rings is 1. The Morgan fingerprint density at radius 1 is 1.15 bits per heavy atom. The van der Waals surface area contributed by atoms with Gasteiger partial charge in [0.25, 0.3) is 0 Å². The Morgan fingerprint density at radius 3 is 2.55 bits per heavy atom. The normalized spacial score (nSPS) is 23.7. The minimum Gasteiger partial charge on any atom is -0.496 e. The lowest BCUT2D eigenvalue weighted by molar-refractivity contribution is 0.222. The Balaban J connectivity index is 2.57. The summed E-state index contributed by atoms with van der Waals surface area (Å²) in [5.41, 5.74) is 3.98. The van der Waals surface area contributed by atoms with E-state index in [9.17, 15) is 0 Å². The van der Waals surface area contributed by atoms with Crippen molar-refractivity contribution in [3.8, 4) is 5.75 Å². The zero-order chi connectivity index (χ0) is 14.8. The van der Waals surface area contributed by atoms with E-state index in [4.69, 9.17) is 4.74 Å². The van der Waals surface area contributed by atoms with Crippen molar-refractivity contribution in [1.82, 2.24) is 5.32 Å². The number of hydrogen-bond acceptors (Lipinski definition) is 2. The van der Waals surface area contributed by atoms with E-state index in [2.05, 4.69) is 45.1 Å². The summed E-state index contributed by atoms with van der Waals surface area (Å²) in [5, 5.41) is 3.85. The summed E-state index contributed by atoms with van der Waals surface area (Å²) in [4.78, 5) is 0. The summed E-state index contributed by atoms with van der Waals surface area (Å²) in [7, 11) is 1.80. The first-order chi connectivity index (χ1) is 9.53. The highest BCUT2D eigenvalue weighted by Crippen LogP contribution is 2.42. The van der Waals surface area contributed by atoms with Gasteiger partial charge in [0.05, 0.1) is 7.11 Å². The molecule has 1 aromatic rings. The average molecular weight is 275 g/mol. The van der Waals surface area contributed by atoms with E-state index in [1.165, 1.54) is 42.4 Å². The van der Waals surface area contributed by atoms with E-state index in [1.54, 1.807) is 7.11 Å². The average Bonchev–Trinajstić information content (AvgIpc) is 2.68. The first-order valence-electron chi connectivity index (χ1n) is 7.92. The van der Waals surface area contributed by atoms with Gasteiger partial charge in [-0.05, 0) is 50.3 Å². The Bertz CT molecular complexity index is 457. The number of aryl methyl sites for hydroxylation is 1. The van der Waals surface area contributed by atoms with Crippen LogP contribution >= 0.6 is 0 Å². The minimum absolute atomic E-state index is 0.0559. The predicted molar refractivity (Wildman–Crippen MR) is 85.5 cm³/mol. The van der Waals surface area contributed by atoms with Crippen molar-refractivity contribution in [2.45, 2.75) is 58.9 Å². The van der Waals surface area contributed by atoms with Gasteiger partial charge >= 0.3 is 0 Å². The molecule has 0 amide bonds. The van der Waals surface area contributed by atoms with Crippen molar-refractivity contribution in [3.63, 3.8) is 0 Å². The molecule has 1 fully saturated rings. The van der Waals surface area contributed by atoms with Crippen LogP contribution in [0.2, 0.25) is 0 Å². The molecule has 1 atom stereocenters. The summed E-state index contributed by atoms with van der Waals surface area (Å²) in [6, 6.07) is 4.52. The fraction of sp³-hybridized carbons (Fsp3) is 0.667. The first kappa shape index (κ1) is 15.4. The third-order valence-electron chi connectivity index (χ3n) is 5.04. The molecular weight excluding hydrogens is 246 g/mol. The van der Waals surface area contributed by atoms with Crippen LogP contribution in [0, 0.1) is 19.8 Å². The fourth-order valence-electron chi connectivity index (χ4n) is 3.54. The lowest BCUT2D eigenvalue weighted by Crippen LogP contribution is -2.46. The molecule has 0 bridgehead atoms. The minimum atomic E-state index is 0.0559. The van der Waals surface area contributed by atoms with Gasteiger partial charge in [0.15, 0.2) is 0 Å². The lowest BCUT2D eigenvalue weighted by Gasteiger charge is -2.40. The second kappa shape index (κ2) is 6.17. The van der Waals surface area contributed by atoms with Crippen LogP contribution in [0.15, 0.2) is 12.1 Å². The molecule has 2 nitrogen and oxygen atoms in total. The van der Waals surface area contributed by atoms with Crippen molar-refractivity contribution in [1.29, 1.82) is 0 Å². The zero-order valence-electron chi connectivity index (χ0n) is 13.7. The first-order valence-corrected chi connectivity index (χ1v) is 7.92. The van der Waals surface area contributed by atoms with Crippen LogP contribution in [-0.4, -0.2) is 13.7 Å². The van der Waals surface area contributed by atoms with Gasteiger partial charge in [-0.15, -0.1) is 0 Å². The maximum absolute atomic E-state index is 5.79. The number of nitrogens with one attached hydrogen (secondary N) is 1. The molecule has 1 heterocycles. The zero-order valence-corrected chi connectivity index (χ0v) is 13.7. The summed E-state index contributed by atoms with van der Waals surface area (Å²) >= 11 is 0. The van der Waals surface area contributed by atoms with Crippen LogP contribution in [-0.2, 0) is 5.54 Å². The number of rotatable bonds is 3. The number of methoxy groups -OCH3 is 1. The molecule has 0 aromatic heterocycles. The number of ether oxygens (including phenoxy) is 1. The second-order valence-corrected chi connectivity index (χ2v) is 6.45. The van der Waals surface area contributed by atoms with E-state index in [1.807, 2.05) is 0 Å². The fourth-order valence-corrected chi connectivity index (χ4v) is 3.54. The topological polar surface area (TPSA) is 21.3 Å². The quantitative estimate of drug-likeness (QED) is 0.886. The SMILES string of the molecule is COc1c(C2(C(C)C)CCCCCN2)ccc(C)c1C. The molecule has 2 heteroatoms. The van der Waals surface area contributed by atoms with Crippen LogP contribution in [0.5, 0.6) is 5.75 Å². The third kappa shape index (κ3) is 2.58. The highest BCUT2D eigenvalue weighted by atomic mass is 16.5. The molecule has 2 rings (SSSR count). The monoisotopic (exact) mass is 275 g/mol. The molecule has 1 aliphatic heterocycles. The lowest BCUT2D eigenvalue weighted by atomic mass is 9.75. The summed E-state index contributed by atoms with van der Waals surface area (Å²) in [6.07, 6.45) is 5.10. The van der Waals surface area contributed by atoms with Crippen molar-refractivity contribution in [2.75, 3.05) is 13.7 Å². The summed E-state index contributed by atoms with van der Waals surface area (Å²) in [6.45, 7) is 10.1. The van der Waals surface area contributed by atoms with Crippen LogP contribution in [0.25, 0.3) is 0 Å². The molecule has 1 N–H and O–H groups in total. The molecule has 1 saturated heterocycles. The van der Waals surface area contributed by atoms with E-state index in [-0.39, 0.29) is 5.54 Å². The van der Waals surface area contributed by atoms with Gasteiger partial charge in [-0.2, -0.15) is 0 Å². The highest BCUT2D eigenvalue weighted by molar-refractivity contribution is 5.49. The molecule has 0 aliphatic carbocycles. The van der Waals surface area contributed by atoms with E-state index in [0.29, 0.717) is 5.92 Å². The third-order valence-corrected chi connectivity index (χ3v) is 5.04. The van der Waals surface area contributed by atoms with E-state index in [0.717, 1.165) is 12.3 Å². The van der Waals surface area contributed by atoms with Gasteiger partial charge in [-0.3, -0.25) is 0 Å². The van der Waals surface area contributed by atoms with Gasteiger partial charge in [0, 0.05) is 11.1 Å². The van der Waals surface area contributed by atoms with Crippen molar-refractivity contribution >= 4 is 0 Å². The van der Waals surface area contributed by atoms with Gasteiger partial charge in [-0.1, -0.05) is 38.8 Å². The maximum atomic E-state index is 5.79. The van der Waals surface area contributed by atoms with E-state index >= 15 is 0 Å². The van der Waals surface area contributed by atoms with Crippen LogP contribution < -0.4 is 10.1 Å². The molecular formula is C18H29NO. The molecule has 20 heavy (non-hydrogen) atoms. The Hall–Kier alpha value is -1.02. The molecule has 1 aliphatic rings. The molecule has 0 saturated carbocycles. The van der Waals surface area contributed by atoms with Gasteiger partial charge in [-0.25, -0.2) is 0 Å². The van der Waals surface area contributed by atoms with Gasteiger partial charge in [0.1, 0.15) is 5.75 Å². The Labute approximate surface area is 123 Å². The Kier molecular flexibility index (Phi) is 4.74. The van der Waals surface area contributed by atoms with Crippen LogP contribution in [0.4, 0.5) is 0 Å². The van der Waals surface area contributed by atoms with Crippen molar-refractivity contribution < 1.29 is 4.74 Å². The predicted octanol–water partition coefficient (Wildman–Crippen LogP) is 4.33. The summed E-state index contributed by atoms with van der Waals surface area (Å²) < 4.78 is 5.79. The molecule has 112 valence electrons. The van der Waals surface area contributed by atoms with Crippen molar-refractivity contribution in [2.24, 2.45) is 5.92 Å². The second-order valence-electron chi connectivity index (χ2n) is 6.45.